The summed E-state index contributed by atoms with van der Waals surface area (Å²) in [4.78, 5) is 24.2. The van der Waals surface area contributed by atoms with E-state index < -0.39 is 0 Å². The number of hydrazine groups is 1. The summed E-state index contributed by atoms with van der Waals surface area (Å²) in [6, 6.07) is 11.2. The van der Waals surface area contributed by atoms with Crippen LogP contribution in [0.5, 0.6) is 0 Å². The highest BCUT2D eigenvalue weighted by atomic mass is 16.2. The number of hydrogen-bond acceptors (Lipinski definition) is 7. The molecule has 132 valence electrons. The number of aromatic nitrogens is 3. The number of amides is 1. The van der Waals surface area contributed by atoms with Crippen molar-refractivity contribution in [2.24, 2.45) is 0 Å². The Balaban J connectivity index is 1.69. The van der Waals surface area contributed by atoms with Crippen LogP contribution < -0.4 is 21.9 Å². The van der Waals surface area contributed by atoms with E-state index in [9.17, 15) is 4.79 Å². The maximum atomic E-state index is 12.1. The molecule has 0 fully saturated rings. The minimum Gasteiger partial charge on any atom is -0.393 e. The summed E-state index contributed by atoms with van der Waals surface area (Å²) < 4.78 is 0. The van der Waals surface area contributed by atoms with Crippen LogP contribution in [0.2, 0.25) is 0 Å². The van der Waals surface area contributed by atoms with E-state index in [2.05, 4.69) is 38.0 Å². The average molecular weight is 349 g/mol. The van der Waals surface area contributed by atoms with Crippen LogP contribution in [0.4, 0.5) is 23.0 Å². The average Bonchev–Trinajstić information content (AvgIpc) is 2.69. The van der Waals surface area contributed by atoms with Crippen LogP contribution in [0.15, 0.2) is 55.1 Å². The summed E-state index contributed by atoms with van der Waals surface area (Å²) >= 11 is 0. The van der Waals surface area contributed by atoms with Crippen LogP contribution >= 0.6 is 0 Å². The number of anilines is 4. The quantitative estimate of drug-likeness (QED) is 0.505. The Labute approximate surface area is 150 Å². The molecule has 0 bridgehead atoms. The first kappa shape index (κ1) is 17.2. The minimum atomic E-state index is -0.324. The third-order valence-electron chi connectivity index (χ3n) is 3.75. The molecule has 5 N–H and O–H groups in total. The van der Waals surface area contributed by atoms with Crippen molar-refractivity contribution in [2.45, 2.75) is 13.3 Å². The normalized spacial score (nSPS) is 10.2. The molecule has 8 nitrogen and oxygen atoms in total. The number of nitrogens with two attached hydrogens (primary N) is 1. The van der Waals surface area contributed by atoms with E-state index in [1.165, 1.54) is 11.9 Å². The van der Waals surface area contributed by atoms with Gasteiger partial charge in [0.1, 0.15) is 12.0 Å². The number of nitrogens with one attached hydrogen (secondary N) is 3. The lowest BCUT2D eigenvalue weighted by atomic mass is 10.1. The van der Waals surface area contributed by atoms with Gasteiger partial charge in [-0.25, -0.2) is 9.97 Å². The Morgan fingerprint density at radius 3 is 2.42 bits per heavy atom. The zero-order chi connectivity index (χ0) is 18.4. The zero-order valence-electron chi connectivity index (χ0n) is 14.2. The molecular weight excluding hydrogens is 330 g/mol. The lowest BCUT2D eigenvalue weighted by molar-refractivity contribution is 0.0962. The van der Waals surface area contributed by atoms with E-state index in [-0.39, 0.29) is 5.91 Å². The van der Waals surface area contributed by atoms with Crippen LogP contribution in [0.1, 0.15) is 22.8 Å². The topological polar surface area (TPSA) is 118 Å². The summed E-state index contributed by atoms with van der Waals surface area (Å²) in [7, 11) is 0. The predicted molar refractivity (Wildman–Crippen MR) is 101 cm³/mol. The predicted octanol–water partition coefficient (Wildman–Crippen LogP) is 2.52. The van der Waals surface area contributed by atoms with Gasteiger partial charge in [-0.15, -0.1) is 0 Å². The van der Waals surface area contributed by atoms with Crippen molar-refractivity contribution in [3.05, 3.63) is 66.2 Å². The first-order valence-corrected chi connectivity index (χ1v) is 8.10. The Bertz CT molecular complexity index is 882. The summed E-state index contributed by atoms with van der Waals surface area (Å²) in [5.74, 6) is 0.426. The highest BCUT2D eigenvalue weighted by Gasteiger charge is 2.10. The van der Waals surface area contributed by atoms with E-state index in [4.69, 9.17) is 5.73 Å². The molecular formula is C18H19N7O. The summed E-state index contributed by atoms with van der Waals surface area (Å²) in [5.41, 5.74) is 14.2. The van der Waals surface area contributed by atoms with E-state index >= 15 is 0 Å². The second-order valence-electron chi connectivity index (χ2n) is 5.48. The molecule has 0 aliphatic heterocycles. The highest BCUT2D eigenvalue weighted by molar-refractivity contribution is 5.95. The second-order valence-corrected chi connectivity index (χ2v) is 5.48. The Kier molecular flexibility index (Phi) is 5.23. The molecule has 0 aliphatic rings. The molecule has 0 saturated carbocycles. The number of hydrogen-bond donors (Lipinski definition) is 4. The number of carbonyl (C=O) groups is 1. The van der Waals surface area contributed by atoms with E-state index in [0.717, 1.165) is 12.1 Å². The van der Waals surface area contributed by atoms with E-state index in [1.54, 1.807) is 24.5 Å². The number of benzene rings is 1. The summed E-state index contributed by atoms with van der Waals surface area (Å²) in [6.45, 7) is 2.10. The first-order chi connectivity index (χ1) is 12.7. The lowest BCUT2D eigenvalue weighted by Crippen LogP contribution is -2.30. The molecule has 1 amide bonds. The molecule has 0 atom stereocenters. The van der Waals surface area contributed by atoms with Gasteiger partial charge in [-0.3, -0.25) is 20.6 Å². The van der Waals surface area contributed by atoms with E-state index in [0.29, 0.717) is 22.9 Å². The standard InChI is InChI=1S/C18H19N7O/c1-2-12-3-5-14(6-4-12)23-16-15(19)17(22-11-21-16)24-25-18(26)13-7-9-20-10-8-13/h3-11H,2,19H2,1H3,(H,25,26)(H2,21,22,23,24). The fourth-order valence-corrected chi connectivity index (χ4v) is 2.25. The van der Waals surface area contributed by atoms with Crippen molar-refractivity contribution in [1.29, 1.82) is 0 Å². The lowest BCUT2D eigenvalue weighted by Gasteiger charge is -2.13. The van der Waals surface area contributed by atoms with Crippen molar-refractivity contribution in [3.63, 3.8) is 0 Å². The molecule has 3 aromatic rings. The van der Waals surface area contributed by atoms with Crippen molar-refractivity contribution >= 4 is 28.9 Å². The largest absolute Gasteiger partial charge is 0.393 e. The van der Waals surface area contributed by atoms with Gasteiger partial charge in [0, 0.05) is 23.6 Å². The van der Waals surface area contributed by atoms with Crippen molar-refractivity contribution < 1.29 is 4.79 Å². The fourth-order valence-electron chi connectivity index (χ4n) is 2.25. The molecule has 3 rings (SSSR count). The van der Waals surface area contributed by atoms with Crippen LogP contribution in [0.25, 0.3) is 0 Å². The molecule has 0 saturated heterocycles. The fraction of sp³-hybridized carbons (Fsp3) is 0.111. The van der Waals surface area contributed by atoms with Crippen LogP contribution in [0, 0.1) is 0 Å². The number of pyridine rings is 1. The molecule has 2 aromatic heterocycles. The van der Waals surface area contributed by atoms with Gasteiger partial charge in [0.05, 0.1) is 0 Å². The minimum absolute atomic E-state index is 0.294. The maximum absolute atomic E-state index is 12.1. The molecule has 0 aliphatic carbocycles. The molecule has 0 unspecified atom stereocenters. The van der Waals surface area contributed by atoms with Crippen molar-refractivity contribution in [2.75, 3.05) is 16.5 Å². The van der Waals surface area contributed by atoms with Gasteiger partial charge in [0.2, 0.25) is 0 Å². The molecule has 0 radical (unpaired) electrons. The van der Waals surface area contributed by atoms with Crippen LogP contribution in [-0.4, -0.2) is 20.9 Å². The molecule has 26 heavy (non-hydrogen) atoms. The van der Waals surface area contributed by atoms with Gasteiger partial charge in [-0.2, -0.15) is 0 Å². The Morgan fingerprint density at radius 2 is 1.73 bits per heavy atom. The molecule has 2 heterocycles. The van der Waals surface area contributed by atoms with E-state index in [1.807, 2.05) is 24.3 Å². The van der Waals surface area contributed by atoms with Crippen molar-refractivity contribution in [3.8, 4) is 0 Å². The molecule has 0 spiro atoms. The number of carbonyl (C=O) groups excluding carboxylic acids is 1. The maximum Gasteiger partial charge on any atom is 0.269 e. The Morgan fingerprint density at radius 1 is 1.04 bits per heavy atom. The summed E-state index contributed by atoms with van der Waals surface area (Å²) in [6.07, 6.45) is 5.42. The zero-order valence-corrected chi connectivity index (χ0v) is 14.2. The van der Waals surface area contributed by atoms with Crippen LogP contribution in [0.3, 0.4) is 0 Å². The summed E-state index contributed by atoms with van der Waals surface area (Å²) in [5, 5.41) is 3.15. The third kappa shape index (κ3) is 4.04. The smallest absolute Gasteiger partial charge is 0.269 e. The number of aryl methyl sites for hydroxylation is 1. The SMILES string of the molecule is CCc1ccc(Nc2ncnc(NNC(=O)c3ccncc3)c2N)cc1. The van der Waals surface area contributed by atoms with Gasteiger partial charge in [0.15, 0.2) is 11.6 Å². The number of rotatable bonds is 6. The molecule has 1 aromatic carbocycles. The Hall–Kier alpha value is -3.68. The number of nitrogens with zero attached hydrogens (tertiary/aromatic N) is 3. The highest BCUT2D eigenvalue weighted by Crippen LogP contribution is 2.25. The second kappa shape index (κ2) is 7.93. The molecule has 8 heteroatoms. The van der Waals surface area contributed by atoms with Gasteiger partial charge in [-0.05, 0) is 36.2 Å². The third-order valence-corrected chi connectivity index (χ3v) is 3.75. The monoisotopic (exact) mass is 349 g/mol. The number of nitrogen functional groups attached to an aromatic ring is 1. The van der Waals surface area contributed by atoms with Gasteiger partial charge in [-0.1, -0.05) is 19.1 Å². The van der Waals surface area contributed by atoms with Gasteiger partial charge < -0.3 is 11.1 Å². The van der Waals surface area contributed by atoms with Gasteiger partial charge in [0.25, 0.3) is 5.91 Å². The van der Waals surface area contributed by atoms with Crippen LogP contribution in [-0.2, 0) is 6.42 Å². The first-order valence-electron chi connectivity index (χ1n) is 8.10. The van der Waals surface area contributed by atoms with Crippen molar-refractivity contribution in [1.82, 2.24) is 20.4 Å². The van der Waals surface area contributed by atoms with Gasteiger partial charge >= 0.3 is 0 Å².